The van der Waals surface area contributed by atoms with Gasteiger partial charge in [0.25, 0.3) is 0 Å². The average Bonchev–Trinajstić information content (AvgIpc) is 2.15. The van der Waals surface area contributed by atoms with Gasteiger partial charge in [0.15, 0.2) is 0 Å². The van der Waals surface area contributed by atoms with Crippen molar-refractivity contribution in [2.75, 3.05) is 26.4 Å². The van der Waals surface area contributed by atoms with E-state index < -0.39 is 0 Å². The van der Waals surface area contributed by atoms with E-state index in [4.69, 9.17) is 10.5 Å². The highest BCUT2D eigenvalue weighted by molar-refractivity contribution is 5.54. The molecule has 0 saturated carbocycles. The van der Waals surface area contributed by atoms with Crippen LogP contribution in [0.25, 0.3) is 0 Å². The monoisotopic (exact) mass is 180 g/mol. The Kier molecular flexibility index (Phi) is 3.58. The minimum atomic E-state index is 0.705. The molecule has 1 rings (SSSR count). The number of nitrogens with two attached hydrogens (primary N) is 1. The molecule has 3 N–H and O–H groups in total. The molecule has 0 atom stereocenters. The third-order valence-corrected chi connectivity index (χ3v) is 1.96. The molecule has 0 radical (unpaired) electrons. The van der Waals surface area contributed by atoms with Crippen LogP contribution in [0.5, 0.6) is 5.75 Å². The summed E-state index contributed by atoms with van der Waals surface area (Å²) in [7, 11) is 3.56. The molecule has 0 aliphatic rings. The van der Waals surface area contributed by atoms with Crippen LogP contribution in [0.3, 0.4) is 0 Å². The van der Waals surface area contributed by atoms with Crippen LogP contribution in [0.1, 0.15) is 5.56 Å². The number of ether oxygens (including phenoxy) is 1. The van der Waals surface area contributed by atoms with Gasteiger partial charge >= 0.3 is 0 Å². The Bertz CT molecular complexity index is 274. The third-order valence-electron chi connectivity index (χ3n) is 1.96. The van der Waals surface area contributed by atoms with Crippen LogP contribution in [-0.4, -0.2) is 20.7 Å². The molecule has 0 aromatic heterocycles. The first-order valence-electron chi connectivity index (χ1n) is 4.35. The fourth-order valence-electron chi connectivity index (χ4n) is 1.21. The zero-order chi connectivity index (χ0) is 9.68. The molecule has 0 heterocycles. The number of rotatable bonds is 4. The Hall–Kier alpha value is -1.22. The number of nitrogen functional groups attached to an aromatic ring is 1. The summed E-state index contributed by atoms with van der Waals surface area (Å²) in [4.78, 5) is 0. The lowest BCUT2D eigenvalue weighted by Crippen LogP contribution is -2.10. The van der Waals surface area contributed by atoms with Crippen LogP contribution in [0.2, 0.25) is 0 Å². The first kappa shape index (κ1) is 9.86. The van der Waals surface area contributed by atoms with E-state index in [1.54, 1.807) is 7.11 Å². The fraction of sp³-hybridized carbons (Fsp3) is 0.400. The summed E-state index contributed by atoms with van der Waals surface area (Å²) in [6.07, 6.45) is 0.991. The molecule has 0 fully saturated rings. The maximum atomic E-state index is 5.76. The predicted octanol–water partition coefficient (Wildman–Crippen LogP) is 1.04. The molecular weight excluding hydrogens is 164 g/mol. The van der Waals surface area contributed by atoms with Crippen molar-refractivity contribution in [3.63, 3.8) is 0 Å². The highest BCUT2D eigenvalue weighted by Crippen LogP contribution is 2.21. The lowest BCUT2D eigenvalue weighted by atomic mass is 10.1. The zero-order valence-electron chi connectivity index (χ0n) is 8.13. The van der Waals surface area contributed by atoms with Gasteiger partial charge in [-0.05, 0) is 37.7 Å². The second-order valence-corrected chi connectivity index (χ2v) is 2.93. The van der Waals surface area contributed by atoms with Gasteiger partial charge in [0.1, 0.15) is 5.75 Å². The molecule has 72 valence electrons. The van der Waals surface area contributed by atoms with Crippen LogP contribution < -0.4 is 15.8 Å². The minimum absolute atomic E-state index is 0.705. The van der Waals surface area contributed by atoms with E-state index in [0.29, 0.717) is 5.69 Å². The van der Waals surface area contributed by atoms with Crippen molar-refractivity contribution in [1.29, 1.82) is 0 Å². The predicted molar refractivity (Wildman–Crippen MR) is 55.0 cm³/mol. The lowest BCUT2D eigenvalue weighted by molar-refractivity contribution is 0.417. The van der Waals surface area contributed by atoms with Gasteiger partial charge in [-0.15, -0.1) is 0 Å². The Morgan fingerprint density at radius 2 is 2.23 bits per heavy atom. The molecule has 0 aliphatic carbocycles. The van der Waals surface area contributed by atoms with Crippen LogP contribution >= 0.6 is 0 Å². The Balaban J connectivity index is 2.71. The average molecular weight is 180 g/mol. The van der Waals surface area contributed by atoms with Crippen molar-refractivity contribution in [1.82, 2.24) is 5.32 Å². The highest BCUT2D eigenvalue weighted by Gasteiger charge is 1.99. The highest BCUT2D eigenvalue weighted by atomic mass is 16.5. The van der Waals surface area contributed by atoms with Gasteiger partial charge in [0.2, 0.25) is 0 Å². The Morgan fingerprint density at radius 3 is 2.77 bits per heavy atom. The molecule has 3 heteroatoms. The van der Waals surface area contributed by atoms with Crippen molar-refractivity contribution >= 4 is 5.69 Å². The number of likely N-dealkylation sites (N-methyl/N-ethyl adjacent to an activating group) is 1. The molecule has 0 unspecified atom stereocenters. The number of anilines is 1. The topological polar surface area (TPSA) is 47.3 Å². The standard InChI is InChI=1S/C10H16N2O/c1-12-6-5-8-3-4-10(13-2)9(11)7-8/h3-4,7,12H,5-6,11H2,1-2H3. The summed E-state index contributed by atoms with van der Waals surface area (Å²) in [6.45, 7) is 0.964. The number of benzene rings is 1. The SMILES string of the molecule is CNCCc1ccc(OC)c(N)c1. The molecule has 0 saturated heterocycles. The summed E-state index contributed by atoms with van der Waals surface area (Å²) in [6, 6.07) is 5.89. The summed E-state index contributed by atoms with van der Waals surface area (Å²) >= 11 is 0. The fourth-order valence-corrected chi connectivity index (χ4v) is 1.21. The maximum absolute atomic E-state index is 5.76. The van der Waals surface area contributed by atoms with Gasteiger partial charge in [-0.25, -0.2) is 0 Å². The molecule has 3 nitrogen and oxygen atoms in total. The van der Waals surface area contributed by atoms with Crippen LogP contribution in [0, 0.1) is 0 Å². The van der Waals surface area contributed by atoms with Crippen LogP contribution in [0.15, 0.2) is 18.2 Å². The van der Waals surface area contributed by atoms with Crippen LogP contribution in [-0.2, 0) is 6.42 Å². The van der Waals surface area contributed by atoms with Crippen LogP contribution in [0.4, 0.5) is 5.69 Å². The van der Waals surface area contributed by atoms with E-state index in [0.717, 1.165) is 18.7 Å². The van der Waals surface area contributed by atoms with E-state index in [1.807, 2.05) is 25.2 Å². The van der Waals surface area contributed by atoms with Crippen molar-refractivity contribution in [2.45, 2.75) is 6.42 Å². The molecular formula is C10H16N2O. The van der Waals surface area contributed by atoms with Gasteiger partial charge in [-0.3, -0.25) is 0 Å². The summed E-state index contributed by atoms with van der Waals surface area (Å²) in [5, 5.41) is 3.09. The maximum Gasteiger partial charge on any atom is 0.141 e. The summed E-state index contributed by atoms with van der Waals surface area (Å²) in [5.41, 5.74) is 7.69. The number of methoxy groups -OCH3 is 1. The molecule has 1 aromatic rings. The first-order valence-corrected chi connectivity index (χ1v) is 4.35. The molecule has 0 bridgehead atoms. The molecule has 1 aromatic carbocycles. The summed E-state index contributed by atoms with van der Waals surface area (Å²) in [5.74, 6) is 0.744. The second kappa shape index (κ2) is 4.72. The normalized spacial score (nSPS) is 10.0. The second-order valence-electron chi connectivity index (χ2n) is 2.93. The number of nitrogens with one attached hydrogen (secondary N) is 1. The van der Waals surface area contributed by atoms with Gasteiger partial charge in [0, 0.05) is 0 Å². The first-order chi connectivity index (χ1) is 6.27. The van der Waals surface area contributed by atoms with Gasteiger partial charge < -0.3 is 15.8 Å². The van der Waals surface area contributed by atoms with Gasteiger partial charge in [0.05, 0.1) is 12.8 Å². The molecule has 0 aliphatic heterocycles. The van der Waals surface area contributed by atoms with E-state index in [1.165, 1.54) is 5.56 Å². The Labute approximate surface area is 78.9 Å². The minimum Gasteiger partial charge on any atom is -0.495 e. The lowest BCUT2D eigenvalue weighted by Gasteiger charge is -2.06. The Morgan fingerprint density at radius 1 is 1.46 bits per heavy atom. The molecule has 0 spiro atoms. The quantitative estimate of drug-likeness (QED) is 0.681. The molecule has 13 heavy (non-hydrogen) atoms. The largest absolute Gasteiger partial charge is 0.495 e. The van der Waals surface area contributed by atoms with Gasteiger partial charge in [-0.1, -0.05) is 6.07 Å². The van der Waals surface area contributed by atoms with Gasteiger partial charge in [-0.2, -0.15) is 0 Å². The number of hydrogen-bond acceptors (Lipinski definition) is 3. The van der Waals surface area contributed by atoms with Crippen molar-refractivity contribution in [2.24, 2.45) is 0 Å². The van der Waals surface area contributed by atoms with E-state index in [-0.39, 0.29) is 0 Å². The summed E-state index contributed by atoms with van der Waals surface area (Å²) < 4.78 is 5.06. The van der Waals surface area contributed by atoms with Crippen molar-refractivity contribution < 1.29 is 4.74 Å². The van der Waals surface area contributed by atoms with E-state index in [2.05, 4.69) is 5.32 Å². The van der Waals surface area contributed by atoms with E-state index in [9.17, 15) is 0 Å². The third kappa shape index (κ3) is 2.63. The number of hydrogen-bond donors (Lipinski definition) is 2. The van der Waals surface area contributed by atoms with Crippen molar-refractivity contribution in [3.05, 3.63) is 23.8 Å². The van der Waals surface area contributed by atoms with Crippen molar-refractivity contribution in [3.8, 4) is 5.75 Å². The smallest absolute Gasteiger partial charge is 0.141 e. The zero-order valence-corrected chi connectivity index (χ0v) is 8.13. The van der Waals surface area contributed by atoms with E-state index >= 15 is 0 Å². The molecule has 0 amide bonds.